The van der Waals surface area contributed by atoms with Gasteiger partial charge in [-0.05, 0) is 59.7 Å². The van der Waals surface area contributed by atoms with E-state index < -0.39 is 0 Å². The minimum atomic E-state index is -0.150. The summed E-state index contributed by atoms with van der Waals surface area (Å²) in [7, 11) is 0. The number of benzene rings is 2. The maximum Gasteiger partial charge on any atom is 0.0937 e. The van der Waals surface area contributed by atoms with Crippen molar-refractivity contribution in [3.63, 3.8) is 0 Å². The number of aromatic nitrogens is 4. The second-order valence-electron chi connectivity index (χ2n) is 9.63. The van der Waals surface area contributed by atoms with Gasteiger partial charge in [-0.2, -0.15) is 0 Å². The lowest BCUT2D eigenvalue weighted by Gasteiger charge is -2.20. The van der Waals surface area contributed by atoms with Gasteiger partial charge in [-0.3, -0.25) is 9.97 Å². The molecule has 4 nitrogen and oxygen atoms in total. The smallest absolute Gasteiger partial charge is 0.0937 e. The Morgan fingerprint density at radius 2 is 1.03 bits per heavy atom. The van der Waals surface area contributed by atoms with Gasteiger partial charge in [-0.15, -0.1) is 0 Å². The zero-order valence-corrected chi connectivity index (χ0v) is 19.5. The fraction of sp³-hybridized carbons (Fsp3) is 0.0968. The normalized spacial score (nSPS) is 13.7. The Kier molecular flexibility index (Phi) is 4.15. The highest BCUT2D eigenvalue weighted by Crippen LogP contribution is 2.48. The van der Waals surface area contributed by atoms with E-state index >= 15 is 0 Å². The molecule has 0 saturated heterocycles. The van der Waals surface area contributed by atoms with Gasteiger partial charge in [0.25, 0.3) is 0 Å². The van der Waals surface area contributed by atoms with Crippen molar-refractivity contribution in [2.75, 3.05) is 0 Å². The van der Waals surface area contributed by atoms with Gasteiger partial charge >= 0.3 is 0 Å². The minimum absolute atomic E-state index is 0.150. The first-order valence-corrected chi connectivity index (χ1v) is 11.8. The van der Waals surface area contributed by atoms with Crippen LogP contribution in [0.15, 0.2) is 97.3 Å². The van der Waals surface area contributed by atoms with Crippen LogP contribution in [0.4, 0.5) is 0 Å². The number of hydrogen-bond acceptors (Lipinski definition) is 4. The van der Waals surface area contributed by atoms with E-state index in [0.29, 0.717) is 0 Å². The monoisotopic (exact) mass is 450 g/mol. The van der Waals surface area contributed by atoms with Crippen molar-refractivity contribution in [2.45, 2.75) is 19.3 Å². The summed E-state index contributed by atoms with van der Waals surface area (Å²) in [5.41, 5.74) is 10.2. The number of fused-ring (bicyclic) bond motifs is 5. The Morgan fingerprint density at radius 1 is 0.543 bits per heavy atom. The molecule has 4 aromatic heterocycles. The molecule has 0 saturated carbocycles. The molecule has 4 heteroatoms. The fourth-order valence-corrected chi connectivity index (χ4v) is 5.22. The summed E-state index contributed by atoms with van der Waals surface area (Å²) in [5, 5.41) is 2.22. The van der Waals surface area contributed by atoms with Crippen molar-refractivity contribution in [3.05, 3.63) is 108 Å². The van der Waals surface area contributed by atoms with Crippen molar-refractivity contribution < 1.29 is 0 Å². The average Bonchev–Trinajstić information content (AvgIpc) is 3.13. The Hall–Kier alpha value is -4.44. The molecule has 6 aromatic rings. The van der Waals surface area contributed by atoms with E-state index in [2.05, 4.69) is 96.6 Å². The lowest BCUT2D eigenvalue weighted by Crippen LogP contribution is -2.15. The summed E-state index contributed by atoms with van der Waals surface area (Å²) in [4.78, 5) is 19.2. The average molecular weight is 451 g/mol. The first-order valence-electron chi connectivity index (χ1n) is 11.8. The Bertz CT molecular complexity index is 1650. The van der Waals surface area contributed by atoms with Crippen LogP contribution in [0, 0.1) is 0 Å². The maximum absolute atomic E-state index is 5.16. The molecule has 4 heterocycles. The second-order valence-corrected chi connectivity index (χ2v) is 9.63. The topological polar surface area (TPSA) is 51.6 Å². The number of pyridine rings is 4. The molecule has 0 amide bonds. The molecule has 7 rings (SSSR count). The molecule has 0 N–H and O–H groups in total. The molecule has 1 aliphatic rings. The standard InChI is InChI=1S/C31H22N4/c1-31(2)23-9-13-27(21-7-11-25-19(17-21)5-3-15-32-25)34-29(23)30-24(31)10-14-28(35-30)22-8-12-26-20(18-22)6-4-16-33-26/h3-18H,1-2H3. The van der Waals surface area contributed by atoms with E-state index in [1.807, 2.05) is 24.5 Å². The minimum Gasteiger partial charge on any atom is -0.256 e. The van der Waals surface area contributed by atoms with Gasteiger partial charge in [0.15, 0.2) is 0 Å². The molecule has 2 aromatic carbocycles. The lowest BCUT2D eigenvalue weighted by molar-refractivity contribution is 0.658. The summed E-state index contributed by atoms with van der Waals surface area (Å²) in [6, 6.07) is 29.4. The van der Waals surface area contributed by atoms with Crippen molar-refractivity contribution in [3.8, 4) is 33.9 Å². The van der Waals surface area contributed by atoms with E-state index in [0.717, 1.165) is 55.7 Å². The van der Waals surface area contributed by atoms with Crippen LogP contribution in [0.2, 0.25) is 0 Å². The SMILES string of the molecule is CC1(C)c2ccc(-c3ccc4ncccc4c3)nc2-c2nc(-c3ccc4ncccc4c3)ccc21. The number of hydrogen-bond donors (Lipinski definition) is 0. The molecule has 0 spiro atoms. The zero-order chi connectivity index (χ0) is 23.6. The van der Waals surface area contributed by atoms with Crippen LogP contribution >= 0.6 is 0 Å². The van der Waals surface area contributed by atoms with Crippen molar-refractivity contribution in [2.24, 2.45) is 0 Å². The quantitative estimate of drug-likeness (QED) is 0.280. The van der Waals surface area contributed by atoms with Crippen LogP contribution in [0.25, 0.3) is 55.7 Å². The van der Waals surface area contributed by atoms with Crippen molar-refractivity contribution in [1.29, 1.82) is 0 Å². The summed E-state index contributed by atoms with van der Waals surface area (Å²) in [6.07, 6.45) is 3.65. The number of nitrogens with zero attached hydrogens (tertiary/aromatic N) is 4. The molecule has 0 atom stereocenters. The van der Waals surface area contributed by atoms with Gasteiger partial charge in [0, 0.05) is 39.7 Å². The van der Waals surface area contributed by atoms with Crippen LogP contribution in [0.1, 0.15) is 25.0 Å². The van der Waals surface area contributed by atoms with E-state index in [1.54, 1.807) is 0 Å². The zero-order valence-electron chi connectivity index (χ0n) is 19.5. The third-order valence-corrected chi connectivity index (χ3v) is 7.16. The third kappa shape index (κ3) is 3.07. The maximum atomic E-state index is 5.16. The Morgan fingerprint density at radius 3 is 1.51 bits per heavy atom. The highest BCUT2D eigenvalue weighted by Gasteiger charge is 2.38. The number of rotatable bonds is 2. The van der Waals surface area contributed by atoms with Crippen LogP contribution in [0.3, 0.4) is 0 Å². The second kappa shape index (κ2) is 7.28. The lowest BCUT2D eigenvalue weighted by atomic mass is 9.83. The first-order chi connectivity index (χ1) is 17.1. The van der Waals surface area contributed by atoms with Gasteiger partial charge in [-0.1, -0.05) is 50.2 Å². The molecular formula is C31H22N4. The third-order valence-electron chi connectivity index (χ3n) is 7.16. The summed E-state index contributed by atoms with van der Waals surface area (Å²) >= 11 is 0. The van der Waals surface area contributed by atoms with Gasteiger partial charge in [-0.25, -0.2) is 9.97 Å². The molecule has 0 radical (unpaired) electrons. The van der Waals surface area contributed by atoms with E-state index in [9.17, 15) is 0 Å². The molecule has 166 valence electrons. The van der Waals surface area contributed by atoms with Gasteiger partial charge in [0.1, 0.15) is 0 Å². The largest absolute Gasteiger partial charge is 0.256 e. The van der Waals surface area contributed by atoms with E-state index in [1.165, 1.54) is 11.1 Å². The van der Waals surface area contributed by atoms with Crippen LogP contribution in [0.5, 0.6) is 0 Å². The summed E-state index contributed by atoms with van der Waals surface area (Å²) < 4.78 is 0. The van der Waals surface area contributed by atoms with Gasteiger partial charge in [0.05, 0.1) is 33.8 Å². The predicted octanol–water partition coefficient (Wildman–Crippen LogP) is 7.21. The highest BCUT2D eigenvalue weighted by atomic mass is 14.8. The van der Waals surface area contributed by atoms with E-state index in [4.69, 9.17) is 9.97 Å². The highest BCUT2D eigenvalue weighted by molar-refractivity contribution is 5.86. The van der Waals surface area contributed by atoms with Crippen LogP contribution in [-0.2, 0) is 5.41 Å². The predicted molar refractivity (Wildman–Crippen MR) is 141 cm³/mol. The Labute approximate surface area is 203 Å². The molecule has 1 aliphatic carbocycles. The van der Waals surface area contributed by atoms with E-state index in [-0.39, 0.29) is 5.41 Å². The summed E-state index contributed by atoms with van der Waals surface area (Å²) in [5.74, 6) is 0. The van der Waals surface area contributed by atoms with Crippen LogP contribution < -0.4 is 0 Å². The van der Waals surface area contributed by atoms with Crippen molar-refractivity contribution >= 4 is 21.8 Å². The summed E-state index contributed by atoms with van der Waals surface area (Å²) in [6.45, 7) is 4.51. The molecular weight excluding hydrogens is 428 g/mol. The van der Waals surface area contributed by atoms with Gasteiger partial charge < -0.3 is 0 Å². The van der Waals surface area contributed by atoms with Crippen LogP contribution in [-0.4, -0.2) is 19.9 Å². The fourth-order valence-electron chi connectivity index (χ4n) is 5.22. The van der Waals surface area contributed by atoms with Crippen molar-refractivity contribution in [1.82, 2.24) is 19.9 Å². The Balaban J connectivity index is 1.38. The molecule has 0 bridgehead atoms. The molecule has 0 unspecified atom stereocenters. The van der Waals surface area contributed by atoms with Gasteiger partial charge in [0.2, 0.25) is 0 Å². The molecule has 35 heavy (non-hydrogen) atoms. The first kappa shape index (κ1) is 20.0. The molecule has 0 fully saturated rings. The molecule has 0 aliphatic heterocycles.